The summed E-state index contributed by atoms with van der Waals surface area (Å²) in [6, 6.07) is 6.40. The summed E-state index contributed by atoms with van der Waals surface area (Å²) in [4.78, 5) is 28.6. The highest BCUT2D eigenvalue weighted by molar-refractivity contribution is 8.00. The van der Waals surface area contributed by atoms with Crippen LogP contribution in [0.2, 0.25) is 0 Å². The topological polar surface area (TPSA) is 75.4 Å². The van der Waals surface area contributed by atoms with Crippen LogP contribution in [0.4, 0.5) is 9.39 Å². The van der Waals surface area contributed by atoms with E-state index in [9.17, 15) is 14.0 Å². The van der Waals surface area contributed by atoms with Gasteiger partial charge in [-0.3, -0.25) is 14.5 Å². The predicted octanol–water partition coefficient (Wildman–Crippen LogP) is 3.91. The van der Waals surface area contributed by atoms with E-state index in [1.54, 1.807) is 12.1 Å². The number of hydrogen-bond acceptors (Lipinski definition) is 5. The van der Waals surface area contributed by atoms with Gasteiger partial charge < -0.3 is 11.1 Å². The minimum absolute atomic E-state index is 0. The summed E-state index contributed by atoms with van der Waals surface area (Å²) in [6.07, 6.45) is 0.752. The minimum Gasteiger partial charge on any atom is -0.365 e. The molecule has 1 aliphatic rings. The van der Waals surface area contributed by atoms with Gasteiger partial charge in [-0.1, -0.05) is 0 Å². The number of halogens is 2. The van der Waals surface area contributed by atoms with Crippen LogP contribution < -0.4 is 11.1 Å². The van der Waals surface area contributed by atoms with E-state index in [0.29, 0.717) is 16.6 Å². The Morgan fingerprint density at radius 2 is 2.00 bits per heavy atom. The number of primary amides is 1. The lowest BCUT2D eigenvalue weighted by Crippen LogP contribution is -2.35. The van der Waals surface area contributed by atoms with E-state index < -0.39 is 5.91 Å². The molecular formula is C19H23ClFN3O2S2. The zero-order chi connectivity index (χ0) is 19.6. The van der Waals surface area contributed by atoms with Gasteiger partial charge in [0, 0.05) is 28.9 Å². The molecule has 0 saturated carbocycles. The van der Waals surface area contributed by atoms with Crippen molar-refractivity contribution in [3.05, 3.63) is 46.1 Å². The van der Waals surface area contributed by atoms with Gasteiger partial charge in [-0.2, -0.15) is 0 Å². The van der Waals surface area contributed by atoms with Gasteiger partial charge in [-0.05, 0) is 50.1 Å². The van der Waals surface area contributed by atoms with E-state index in [4.69, 9.17) is 5.73 Å². The lowest BCUT2D eigenvalue weighted by molar-refractivity contribution is -0.113. The SMILES string of the molecule is CC(C)N1CCc2c(sc(NC(=O)CSc3ccc(F)cc3)c2C(N)=O)C1.Cl. The van der Waals surface area contributed by atoms with Gasteiger partial charge in [0.25, 0.3) is 5.91 Å². The van der Waals surface area contributed by atoms with Crippen LogP contribution in [0.25, 0.3) is 0 Å². The molecule has 1 aliphatic heterocycles. The number of carbonyl (C=O) groups is 2. The van der Waals surface area contributed by atoms with Crippen LogP contribution in [0.3, 0.4) is 0 Å². The van der Waals surface area contributed by atoms with E-state index >= 15 is 0 Å². The van der Waals surface area contributed by atoms with E-state index in [1.165, 1.54) is 35.2 Å². The number of thioether (sulfide) groups is 1. The van der Waals surface area contributed by atoms with Crippen LogP contribution >= 0.6 is 35.5 Å². The minimum atomic E-state index is -0.507. The number of carbonyl (C=O) groups excluding carboxylic acids is 2. The monoisotopic (exact) mass is 443 g/mol. The number of benzene rings is 1. The van der Waals surface area contributed by atoms with E-state index in [-0.39, 0.29) is 29.9 Å². The first-order chi connectivity index (χ1) is 12.8. The Morgan fingerprint density at radius 1 is 1.32 bits per heavy atom. The Labute approximate surface area is 178 Å². The highest BCUT2D eigenvalue weighted by Crippen LogP contribution is 2.37. The molecule has 9 heteroatoms. The van der Waals surface area contributed by atoms with E-state index in [2.05, 4.69) is 24.1 Å². The Bertz CT molecular complexity index is 856. The van der Waals surface area contributed by atoms with Gasteiger partial charge in [0.05, 0.1) is 11.3 Å². The molecule has 0 saturated heterocycles. The van der Waals surface area contributed by atoms with E-state index in [0.717, 1.165) is 34.8 Å². The summed E-state index contributed by atoms with van der Waals surface area (Å²) >= 11 is 2.74. The van der Waals surface area contributed by atoms with Crippen LogP contribution in [-0.2, 0) is 17.8 Å². The molecule has 0 bridgehead atoms. The standard InChI is InChI=1S/C19H22FN3O2S2.ClH/c1-11(2)23-8-7-14-15(9-23)27-19(17(14)18(21)25)22-16(24)10-26-13-5-3-12(20)4-6-13;/h3-6,11H,7-10H2,1-2H3,(H2,21,25)(H,22,24);1H. The summed E-state index contributed by atoms with van der Waals surface area (Å²) in [6.45, 7) is 5.92. The molecule has 28 heavy (non-hydrogen) atoms. The fourth-order valence-corrected chi connectivity index (χ4v) is 5.05. The zero-order valence-electron chi connectivity index (χ0n) is 15.7. The third kappa shape index (κ3) is 5.26. The van der Waals surface area contributed by atoms with Crippen LogP contribution in [0.15, 0.2) is 29.2 Å². The second-order valence-electron chi connectivity index (χ2n) is 6.68. The highest BCUT2D eigenvalue weighted by Gasteiger charge is 2.28. The molecule has 0 unspecified atom stereocenters. The number of hydrogen-bond donors (Lipinski definition) is 2. The maximum atomic E-state index is 12.9. The number of rotatable bonds is 6. The molecule has 2 heterocycles. The third-order valence-electron chi connectivity index (χ3n) is 4.50. The fourth-order valence-electron chi connectivity index (χ4n) is 3.06. The summed E-state index contributed by atoms with van der Waals surface area (Å²) in [5.74, 6) is -0.863. The average Bonchev–Trinajstić information content (AvgIpc) is 2.98. The molecule has 152 valence electrons. The molecule has 5 nitrogen and oxygen atoms in total. The molecular weight excluding hydrogens is 421 g/mol. The number of thiophene rings is 1. The van der Waals surface area contributed by atoms with Crippen molar-refractivity contribution in [1.29, 1.82) is 0 Å². The number of nitrogens with zero attached hydrogens (tertiary/aromatic N) is 1. The fraction of sp³-hybridized carbons (Fsp3) is 0.368. The normalized spacial score (nSPS) is 13.7. The molecule has 3 N–H and O–H groups in total. The molecule has 2 aromatic rings. The number of nitrogens with two attached hydrogens (primary N) is 1. The summed E-state index contributed by atoms with van der Waals surface area (Å²) in [5, 5.41) is 3.37. The summed E-state index contributed by atoms with van der Waals surface area (Å²) in [7, 11) is 0. The Kier molecular flexibility index (Phi) is 7.88. The zero-order valence-corrected chi connectivity index (χ0v) is 18.1. The van der Waals surface area contributed by atoms with Gasteiger partial charge in [0.15, 0.2) is 0 Å². The van der Waals surface area contributed by atoms with Gasteiger partial charge in [0.2, 0.25) is 5.91 Å². The third-order valence-corrected chi connectivity index (χ3v) is 6.64. The molecule has 0 atom stereocenters. The number of amides is 2. The largest absolute Gasteiger partial charge is 0.365 e. The maximum Gasteiger partial charge on any atom is 0.251 e. The number of fused-ring (bicyclic) bond motifs is 1. The predicted molar refractivity (Wildman–Crippen MR) is 115 cm³/mol. The Morgan fingerprint density at radius 3 is 2.61 bits per heavy atom. The lowest BCUT2D eigenvalue weighted by atomic mass is 10.0. The van der Waals surface area contributed by atoms with Crippen LogP contribution in [0.1, 0.15) is 34.6 Å². The van der Waals surface area contributed by atoms with Crippen molar-refractivity contribution in [1.82, 2.24) is 4.90 Å². The van der Waals surface area contributed by atoms with E-state index in [1.807, 2.05) is 0 Å². The molecule has 2 amide bonds. The van der Waals surface area contributed by atoms with Gasteiger partial charge in [-0.25, -0.2) is 4.39 Å². The number of nitrogens with one attached hydrogen (secondary N) is 1. The molecule has 1 aromatic heterocycles. The first-order valence-electron chi connectivity index (χ1n) is 8.71. The summed E-state index contributed by atoms with van der Waals surface area (Å²) in [5.41, 5.74) is 7.00. The lowest BCUT2D eigenvalue weighted by Gasteiger charge is -2.30. The van der Waals surface area contributed by atoms with Crippen molar-refractivity contribution < 1.29 is 14.0 Å². The average molecular weight is 444 g/mol. The molecule has 0 radical (unpaired) electrons. The highest BCUT2D eigenvalue weighted by atomic mass is 35.5. The van der Waals surface area contributed by atoms with Crippen molar-refractivity contribution in [3.63, 3.8) is 0 Å². The Hall–Kier alpha value is -1.61. The Balaban J connectivity index is 0.00000280. The smallest absolute Gasteiger partial charge is 0.251 e. The molecule has 0 aliphatic carbocycles. The molecule has 3 rings (SSSR count). The van der Waals surface area contributed by atoms with Crippen LogP contribution in [0.5, 0.6) is 0 Å². The molecule has 1 aromatic carbocycles. The first kappa shape index (κ1) is 22.7. The van der Waals surface area contributed by atoms with Gasteiger partial charge >= 0.3 is 0 Å². The molecule has 0 spiro atoms. The van der Waals surface area contributed by atoms with Gasteiger partial charge in [0.1, 0.15) is 10.8 Å². The maximum absolute atomic E-state index is 12.9. The van der Waals surface area contributed by atoms with Crippen molar-refractivity contribution in [2.45, 2.75) is 37.8 Å². The van der Waals surface area contributed by atoms with Crippen molar-refractivity contribution in [3.8, 4) is 0 Å². The number of anilines is 1. The van der Waals surface area contributed by atoms with Gasteiger partial charge in [-0.15, -0.1) is 35.5 Å². The quantitative estimate of drug-likeness (QED) is 0.664. The second-order valence-corrected chi connectivity index (χ2v) is 8.83. The van der Waals surface area contributed by atoms with Crippen LogP contribution in [0, 0.1) is 5.82 Å². The van der Waals surface area contributed by atoms with Crippen molar-refractivity contribution in [2.24, 2.45) is 5.73 Å². The first-order valence-corrected chi connectivity index (χ1v) is 10.5. The second kappa shape index (κ2) is 9.73. The molecule has 0 fully saturated rings. The van der Waals surface area contributed by atoms with Crippen molar-refractivity contribution in [2.75, 3.05) is 17.6 Å². The van der Waals surface area contributed by atoms with Crippen molar-refractivity contribution >= 4 is 52.3 Å². The van der Waals surface area contributed by atoms with Crippen LogP contribution in [-0.4, -0.2) is 35.1 Å². The summed E-state index contributed by atoms with van der Waals surface area (Å²) < 4.78 is 12.9.